The maximum Gasteiger partial charge on any atom is 0.150 e. The molecule has 2 aromatic carbocycles. The minimum Gasteiger partial charge on any atom is -0.455 e. The molecule has 2 rings (SSSR count). The quantitative estimate of drug-likeness (QED) is 0.662. The van der Waals surface area contributed by atoms with Crippen LogP contribution in [-0.2, 0) is 5.88 Å². The Morgan fingerprint density at radius 2 is 1.88 bits per heavy atom. The van der Waals surface area contributed by atoms with E-state index in [0.29, 0.717) is 16.7 Å². The largest absolute Gasteiger partial charge is 0.455 e. The van der Waals surface area contributed by atoms with Crippen LogP contribution in [-0.4, -0.2) is 0 Å². The second-order valence-electron chi connectivity index (χ2n) is 3.42. The molecule has 0 amide bonds. The van der Waals surface area contributed by atoms with Crippen LogP contribution in [0.15, 0.2) is 46.9 Å². The number of hydrogen-bond acceptors (Lipinski definition) is 1. The molecule has 0 atom stereocenters. The van der Waals surface area contributed by atoms with Crippen LogP contribution in [0.3, 0.4) is 0 Å². The molecule has 0 unspecified atom stereocenters. The van der Waals surface area contributed by atoms with Gasteiger partial charge in [0, 0.05) is 10.0 Å². The molecular weight excluding hydrogens is 323 g/mol. The lowest BCUT2D eigenvalue weighted by Gasteiger charge is -2.11. The Morgan fingerprint density at radius 1 is 1.12 bits per heavy atom. The molecular formula is C13H9BrCl2O. The minimum atomic E-state index is 0.365. The molecule has 17 heavy (non-hydrogen) atoms. The summed E-state index contributed by atoms with van der Waals surface area (Å²) < 4.78 is 6.72. The third kappa shape index (κ3) is 3.15. The highest BCUT2D eigenvalue weighted by atomic mass is 79.9. The fourth-order valence-electron chi connectivity index (χ4n) is 1.42. The van der Waals surface area contributed by atoms with E-state index in [9.17, 15) is 0 Å². The van der Waals surface area contributed by atoms with Crippen molar-refractivity contribution in [1.82, 2.24) is 0 Å². The zero-order valence-electron chi connectivity index (χ0n) is 8.79. The Morgan fingerprint density at radius 3 is 2.59 bits per heavy atom. The van der Waals surface area contributed by atoms with Gasteiger partial charge in [-0.3, -0.25) is 0 Å². The average Bonchev–Trinajstić information content (AvgIpc) is 2.32. The van der Waals surface area contributed by atoms with Gasteiger partial charge in [-0.15, -0.1) is 11.6 Å². The van der Waals surface area contributed by atoms with Crippen LogP contribution >= 0.6 is 39.1 Å². The lowest BCUT2D eigenvalue weighted by Crippen LogP contribution is -1.90. The number of benzene rings is 2. The maximum absolute atomic E-state index is 6.10. The zero-order valence-corrected chi connectivity index (χ0v) is 11.9. The van der Waals surface area contributed by atoms with Crippen LogP contribution in [0.2, 0.25) is 5.02 Å². The Bertz CT molecular complexity index is 529. The van der Waals surface area contributed by atoms with Gasteiger partial charge in [0.2, 0.25) is 0 Å². The summed E-state index contributed by atoms with van der Waals surface area (Å²) in [5.74, 6) is 1.70. The Labute approximate surface area is 118 Å². The van der Waals surface area contributed by atoms with Gasteiger partial charge in [-0.2, -0.15) is 0 Å². The van der Waals surface area contributed by atoms with E-state index in [-0.39, 0.29) is 0 Å². The highest BCUT2D eigenvalue weighted by Crippen LogP contribution is 2.34. The molecule has 0 heterocycles. The predicted molar refractivity (Wildman–Crippen MR) is 75.2 cm³/mol. The van der Waals surface area contributed by atoms with Crippen molar-refractivity contribution >= 4 is 39.1 Å². The van der Waals surface area contributed by atoms with Crippen molar-refractivity contribution in [3.63, 3.8) is 0 Å². The standard InChI is InChI=1S/C13H9BrCl2O/c14-10-4-2-5-11(7-10)17-13-9(8-15)3-1-6-12(13)16/h1-7H,8H2. The van der Waals surface area contributed by atoms with E-state index < -0.39 is 0 Å². The predicted octanol–water partition coefficient (Wildman–Crippen LogP) is 5.63. The summed E-state index contributed by atoms with van der Waals surface area (Å²) >= 11 is 15.3. The van der Waals surface area contributed by atoms with Crippen LogP contribution in [0.25, 0.3) is 0 Å². The van der Waals surface area contributed by atoms with Crippen LogP contribution in [0.1, 0.15) is 5.56 Å². The monoisotopic (exact) mass is 330 g/mol. The first-order valence-electron chi connectivity index (χ1n) is 4.97. The molecule has 0 spiro atoms. The van der Waals surface area contributed by atoms with Gasteiger partial charge in [-0.25, -0.2) is 0 Å². The molecule has 0 aliphatic heterocycles. The second kappa shape index (κ2) is 5.76. The molecule has 0 aliphatic rings. The van der Waals surface area contributed by atoms with Gasteiger partial charge in [0.1, 0.15) is 11.5 Å². The van der Waals surface area contributed by atoms with Gasteiger partial charge in [-0.05, 0) is 24.3 Å². The van der Waals surface area contributed by atoms with Crippen molar-refractivity contribution in [1.29, 1.82) is 0 Å². The van der Waals surface area contributed by atoms with Gasteiger partial charge < -0.3 is 4.74 Å². The smallest absolute Gasteiger partial charge is 0.150 e. The fraction of sp³-hybridized carbons (Fsp3) is 0.0769. The summed E-state index contributed by atoms with van der Waals surface area (Å²) in [4.78, 5) is 0. The van der Waals surface area contributed by atoms with Gasteiger partial charge in [0.05, 0.1) is 10.9 Å². The van der Waals surface area contributed by atoms with E-state index in [1.54, 1.807) is 6.07 Å². The molecule has 0 radical (unpaired) electrons. The summed E-state index contributed by atoms with van der Waals surface area (Å²) in [6, 6.07) is 13.1. The van der Waals surface area contributed by atoms with Crippen LogP contribution in [0.5, 0.6) is 11.5 Å². The first-order valence-corrected chi connectivity index (χ1v) is 6.68. The van der Waals surface area contributed by atoms with E-state index in [1.807, 2.05) is 36.4 Å². The minimum absolute atomic E-state index is 0.365. The first kappa shape index (κ1) is 12.7. The lowest BCUT2D eigenvalue weighted by molar-refractivity contribution is 0.478. The fourth-order valence-corrected chi connectivity index (χ4v) is 2.24. The molecule has 1 nitrogen and oxygen atoms in total. The van der Waals surface area contributed by atoms with E-state index in [0.717, 1.165) is 15.8 Å². The third-order valence-corrected chi connectivity index (χ3v) is 3.29. The summed E-state index contributed by atoms with van der Waals surface area (Å²) in [5, 5.41) is 0.558. The molecule has 0 saturated carbocycles. The number of hydrogen-bond donors (Lipinski definition) is 0. The number of rotatable bonds is 3. The van der Waals surface area contributed by atoms with Gasteiger partial charge >= 0.3 is 0 Å². The summed E-state index contributed by atoms with van der Waals surface area (Å²) in [5.41, 5.74) is 0.874. The Kier molecular flexibility index (Phi) is 4.32. The highest BCUT2D eigenvalue weighted by molar-refractivity contribution is 9.10. The summed E-state index contributed by atoms with van der Waals surface area (Å²) in [6.07, 6.45) is 0. The second-order valence-corrected chi connectivity index (χ2v) is 5.01. The molecule has 0 aromatic heterocycles. The zero-order chi connectivity index (χ0) is 12.3. The maximum atomic E-state index is 6.10. The van der Waals surface area contributed by atoms with Crippen molar-refractivity contribution in [2.45, 2.75) is 5.88 Å². The average molecular weight is 332 g/mol. The first-order chi connectivity index (χ1) is 8.20. The van der Waals surface area contributed by atoms with E-state index in [1.165, 1.54) is 0 Å². The number of para-hydroxylation sites is 1. The molecule has 0 aliphatic carbocycles. The summed E-state index contributed by atoms with van der Waals surface area (Å²) in [6.45, 7) is 0. The number of ether oxygens (including phenoxy) is 1. The molecule has 2 aromatic rings. The van der Waals surface area contributed by atoms with Crippen molar-refractivity contribution < 1.29 is 4.74 Å². The van der Waals surface area contributed by atoms with Crippen LogP contribution in [0, 0.1) is 0 Å². The van der Waals surface area contributed by atoms with Crippen LogP contribution < -0.4 is 4.74 Å². The molecule has 0 bridgehead atoms. The van der Waals surface area contributed by atoms with Crippen LogP contribution in [0.4, 0.5) is 0 Å². The van der Waals surface area contributed by atoms with Crippen molar-refractivity contribution in [2.75, 3.05) is 0 Å². The Balaban J connectivity index is 2.35. The normalized spacial score (nSPS) is 10.3. The van der Waals surface area contributed by atoms with Crippen molar-refractivity contribution in [3.8, 4) is 11.5 Å². The molecule has 0 fully saturated rings. The van der Waals surface area contributed by atoms with E-state index >= 15 is 0 Å². The van der Waals surface area contributed by atoms with Gasteiger partial charge in [0.25, 0.3) is 0 Å². The molecule has 88 valence electrons. The SMILES string of the molecule is ClCc1cccc(Cl)c1Oc1cccc(Br)c1. The topological polar surface area (TPSA) is 9.23 Å². The van der Waals surface area contributed by atoms with Crippen molar-refractivity contribution in [3.05, 3.63) is 57.5 Å². The van der Waals surface area contributed by atoms with Gasteiger partial charge in [-0.1, -0.05) is 45.7 Å². The molecule has 0 saturated heterocycles. The van der Waals surface area contributed by atoms with Gasteiger partial charge in [0.15, 0.2) is 0 Å². The third-order valence-electron chi connectivity index (χ3n) is 2.21. The van der Waals surface area contributed by atoms with E-state index in [2.05, 4.69) is 15.9 Å². The number of alkyl halides is 1. The Hall–Kier alpha value is -0.700. The van der Waals surface area contributed by atoms with Crippen molar-refractivity contribution in [2.24, 2.45) is 0 Å². The highest BCUT2D eigenvalue weighted by Gasteiger charge is 2.08. The summed E-state index contributed by atoms with van der Waals surface area (Å²) in [7, 11) is 0. The number of halogens is 3. The van der Waals surface area contributed by atoms with E-state index in [4.69, 9.17) is 27.9 Å². The molecule has 4 heteroatoms. The molecule has 0 N–H and O–H groups in total. The lowest BCUT2D eigenvalue weighted by atomic mass is 10.2.